The third-order valence-corrected chi connectivity index (χ3v) is 3.91. The first-order valence-corrected chi connectivity index (χ1v) is 7.17. The number of carbonyl (C=O) groups is 1. The van der Waals surface area contributed by atoms with E-state index in [9.17, 15) is 4.79 Å². The van der Waals surface area contributed by atoms with Crippen LogP contribution in [0.25, 0.3) is 0 Å². The summed E-state index contributed by atoms with van der Waals surface area (Å²) in [5, 5.41) is 0. The molecule has 2 aliphatic rings. The first kappa shape index (κ1) is 13.5. The van der Waals surface area contributed by atoms with Gasteiger partial charge in [0.05, 0.1) is 13.2 Å². The van der Waals surface area contributed by atoms with Crippen molar-refractivity contribution >= 4 is 11.6 Å². The summed E-state index contributed by atoms with van der Waals surface area (Å²) < 4.78 is 5.35. The van der Waals surface area contributed by atoms with Crippen molar-refractivity contribution in [1.82, 2.24) is 4.90 Å². The molecule has 5 heteroatoms. The smallest absolute Gasteiger partial charge is 0.228 e. The van der Waals surface area contributed by atoms with Crippen molar-refractivity contribution in [3.63, 3.8) is 0 Å². The van der Waals surface area contributed by atoms with E-state index in [1.165, 1.54) is 5.56 Å². The molecule has 1 amide bonds. The zero-order chi connectivity index (χ0) is 13.9. The zero-order valence-corrected chi connectivity index (χ0v) is 11.6. The summed E-state index contributed by atoms with van der Waals surface area (Å²) in [6.07, 6.45) is 0.454. The Kier molecular flexibility index (Phi) is 4.00. The largest absolute Gasteiger partial charge is 0.379 e. The Labute approximate surface area is 119 Å². The van der Waals surface area contributed by atoms with E-state index in [4.69, 9.17) is 10.5 Å². The van der Waals surface area contributed by atoms with E-state index in [0.717, 1.165) is 38.5 Å². The summed E-state index contributed by atoms with van der Waals surface area (Å²) >= 11 is 0. The summed E-state index contributed by atoms with van der Waals surface area (Å²) in [4.78, 5) is 16.0. The third kappa shape index (κ3) is 3.00. The number of hydrogen-bond acceptors (Lipinski definition) is 4. The number of hydrogen-bond donors (Lipinski definition) is 1. The van der Waals surface area contributed by atoms with E-state index in [1.807, 2.05) is 12.1 Å². The van der Waals surface area contributed by atoms with Crippen LogP contribution in [0.2, 0.25) is 0 Å². The molecule has 108 valence electrons. The van der Waals surface area contributed by atoms with Crippen LogP contribution in [0.3, 0.4) is 0 Å². The number of amides is 1. The summed E-state index contributed by atoms with van der Waals surface area (Å²) in [5.41, 5.74) is 8.05. The fourth-order valence-corrected chi connectivity index (χ4v) is 2.78. The lowest BCUT2D eigenvalue weighted by Crippen LogP contribution is -2.35. The average Bonchev–Trinajstić information content (AvgIpc) is 2.80. The van der Waals surface area contributed by atoms with Crippen molar-refractivity contribution in [2.45, 2.75) is 19.0 Å². The number of nitrogens with zero attached hydrogens (tertiary/aromatic N) is 2. The first-order valence-electron chi connectivity index (χ1n) is 7.17. The van der Waals surface area contributed by atoms with Crippen LogP contribution >= 0.6 is 0 Å². The lowest BCUT2D eigenvalue weighted by molar-refractivity contribution is -0.117. The van der Waals surface area contributed by atoms with Gasteiger partial charge in [-0.15, -0.1) is 0 Å². The van der Waals surface area contributed by atoms with E-state index in [2.05, 4.69) is 17.0 Å². The predicted molar refractivity (Wildman–Crippen MR) is 77.5 cm³/mol. The molecule has 0 bridgehead atoms. The van der Waals surface area contributed by atoms with E-state index in [-0.39, 0.29) is 11.9 Å². The molecule has 2 fully saturated rings. The van der Waals surface area contributed by atoms with Gasteiger partial charge in [0.1, 0.15) is 0 Å². The van der Waals surface area contributed by atoms with Gasteiger partial charge in [-0.25, -0.2) is 0 Å². The number of nitrogens with two attached hydrogens (primary N) is 1. The van der Waals surface area contributed by atoms with Gasteiger partial charge in [0.25, 0.3) is 0 Å². The van der Waals surface area contributed by atoms with Crippen LogP contribution < -0.4 is 10.6 Å². The van der Waals surface area contributed by atoms with Crippen LogP contribution in [-0.4, -0.2) is 49.7 Å². The molecule has 20 heavy (non-hydrogen) atoms. The SMILES string of the molecule is NC1CC(=O)N(c2ccc(CN3CCOCC3)cc2)C1. The molecule has 2 saturated heterocycles. The Morgan fingerprint density at radius 2 is 1.90 bits per heavy atom. The van der Waals surface area contributed by atoms with Crippen molar-refractivity contribution in [2.75, 3.05) is 37.7 Å². The molecule has 5 nitrogen and oxygen atoms in total. The molecule has 3 rings (SSSR count). The van der Waals surface area contributed by atoms with Crippen molar-refractivity contribution in [1.29, 1.82) is 0 Å². The van der Waals surface area contributed by atoms with Crippen LogP contribution in [0.5, 0.6) is 0 Å². The minimum Gasteiger partial charge on any atom is -0.379 e. The van der Waals surface area contributed by atoms with Crippen LogP contribution in [0, 0.1) is 0 Å². The van der Waals surface area contributed by atoms with E-state index >= 15 is 0 Å². The molecule has 1 unspecified atom stereocenters. The van der Waals surface area contributed by atoms with Crippen molar-refractivity contribution in [3.8, 4) is 0 Å². The fourth-order valence-electron chi connectivity index (χ4n) is 2.78. The zero-order valence-electron chi connectivity index (χ0n) is 11.6. The molecule has 2 N–H and O–H groups in total. The number of benzene rings is 1. The second-order valence-electron chi connectivity index (χ2n) is 5.52. The van der Waals surface area contributed by atoms with E-state index < -0.39 is 0 Å². The predicted octanol–water partition coefficient (Wildman–Crippen LogP) is 0.583. The summed E-state index contributed by atoms with van der Waals surface area (Å²) in [5.74, 6) is 0.124. The minimum atomic E-state index is -0.0319. The topological polar surface area (TPSA) is 58.8 Å². The molecule has 1 atom stereocenters. The van der Waals surface area contributed by atoms with Gasteiger partial charge in [-0.2, -0.15) is 0 Å². The maximum atomic E-state index is 11.8. The number of morpholine rings is 1. The Morgan fingerprint density at radius 1 is 1.20 bits per heavy atom. The fraction of sp³-hybridized carbons (Fsp3) is 0.533. The molecule has 0 aliphatic carbocycles. The van der Waals surface area contributed by atoms with E-state index in [0.29, 0.717) is 13.0 Å². The van der Waals surface area contributed by atoms with Gasteiger partial charge >= 0.3 is 0 Å². The molecule has 0 aromatic heterocycles. The van der Waals surface area contributed by atoms with Gasteiger partial charge in [0.2, 0.25) is 5.91 Å². The molecule has 0 spiro atoms. The number of rotatable bonds is 3. The van der Waals surface area contributed by atoms with Gasteiger partial charge in [-0.3, -0.25) is 9.69 Å². The van der Waals surface area contributed by atoms with Crippen molar-refractivity contribution in [3.05, 3.63) is 29.8 Å². The lowest BCUT2D eigenvalue weighted by atomic mass is 10.2. The van der Waals surface area contributed by atoms with Gasteiger partial charge in [-0.05, 0) is 17.7 Å². The monoisotopic (exact) mass is 275 g/mol. The molecule has 0 saturated carbocycles. The Balaban J connectivity index is 1.63. The molecular formula is C15H21N3O2. The quantitative estimate of drug-likeness (QED) is 0.877. The first-order chi connectivity index (χ1) is 9.72. The third-order valence-electron chi connectivity index (χ3n) is 3.91. The normalized spacial score (nSPS) is 24.4. The number of carbonyl (C=O) groups excluding carboxylic acids is 1. The second-order valence-corrected chi connectivity index (χ2v) is 5.52. The molecule has 1 aromatic rings. The number of anilines is 1. The molecule has 2 aliphatic heterocycles. The highest BCUT2D eigenvalue weighted by atomic mass is 16.5. The highest BCUT2D eigenvalue weighted by molar-refractivity contribution is 5.96. The van der Waals surface area contributed by atoms with Crippen LogP contribution in [0.4, 0.5) is 5.69 Å². The molecule has 2 heterocycles. The summed E-state index contributed by atoms with van der Waals surface area (Å²) in [6.45, 7) is 5.18. The highest BCUT2D eigenvalue weighted by Gasteiger charge is 2.27. The Hall–Kier alpha value is -1.43. The van der Waals surface area contributed by atoms with E-state index in [1.54, 1.807) is 4.90 Å². The molecule has 0 radical (unpaired) electrons. The Morgan fingerprint density at radius 3 is 2.50 bits per heavy atom. The maximum Gasteiger partial charge on any atom is 0.228 e. The lowest BCUT2D eigenvalue weighted by Gasteiger charge is -2.26. The van der Waals surface area contributed by atoms with Gasteiger partial charge in [0, 0.05) is 44.3 Å². The number of ether oxygens (including phenoxy) is 1. The second kappa shape index (κ2) is 5.91. The Bertz CT molecular complexity index is 469. The molecule has 1 aromatic carbocycles. The standard InChI is InChI=1S/C15H21N3O2/c16-13-9-15(19)18(11-13)14-3-1-12(2-4-14)10-17-5-7-20-8-6-17/h1-4,13H,5-11,16H2. The van der Waals surface area contributed by atoms with Crippen LogP contribution in [-0.2, 0) is 16.1 Å². The van der Waals surface area contributed by atoms with Crippen molar-refractivity contribution < 1.29 is 9.53 Å². The van der Waals surface area contributed by atoms with Gasteiger partial charge in [-0.1, -0.05) is 12.1 Å². The minimum absolute atomic E-state index is 0.0319. The van der Waals surface area contributed by atoms with Crippen molar-refractivity contribution in [2.24, 2.45) is 5.73 Å². The van der Waals surface area contributed by atoms with Crippen LogP contribution in [0.15, 0.2) is 24.3 Å². The summed E-state index contributed by atoms with van der Waals surface area (Å²) in [6, 6.07) is 8.21. The average molecular weight is 275 g/mol. The maximum absolute atomic E-state index is 11.8. The summed E-state index contributed by atoms with van der Waals surface area (Å²) in [7, 11) is 0. The molecular weight excluding hydrogens is 254 g/mol. The van der Waals surface area contributed by atoms with Gasteiger partial charge in [0.15, 0.2) is 0 Å². The van der Waals surface area contributed by atoms with Crippen LogP contribution in [0.1, 0.15) is 12.0 Å². The highest BCUT2D eigenvalue weighted by Crippen LogP contribution is 2.21. The van der Waals surface area contributed by atoms with Gasteiger partial charge < -0.3 is 15.4 Å².